The van der Waals surface area contributed by atoms with Gasteiger partial charge in [-0.25, -0.2) is 0 Å². The minimum Gasteiger partial charge on any atom is -0.310 e. The highest BCUT2D eigenvalue weighted by atomic mass is 35.5. The molecule has 1 aromatic carbocycles. The molecule has 2 atom stereocenters. The van der Waals surface area contributed by atoms with Gasteiger partial charge in [0.05, 0.1) is 0 Å². The summed E-state index contributed by atoms with van der Waals surface area (Å²) >= 11 is 5.96. The van der Waals surface area contributed by atoms with Crippen LogP contribution < -0.4 is 5.32 Å². The van der Waals surface area contributed by atoms with Crippen LogP contribution >= 0.6 is 11.6 Å². The lowest BCUT2D eigenvalue weighted by Crippen LogP contribution is -2.13. The second-order valence-electron chi connectivity index (χ2n) is 4.03. The van der Waals surface area contributed by atoms with Crippen LogP contribution in [0, 0.1) is 5.92 Å². The molecule has 0 radical (unpaired) electrons. The molecule has 1 aliphatic carbocycles. The molecule has 0 amide bonds. The first-order valence-corrected chi connectivity index (χ1v) is 5.24. The lowest BCUT2D eigenvalue weighted by atomic mass is 10.0. The first-order valence-electron chi connectivity index (χ1n) is 4.86. The van der Waals surface area contributed by atoms with E-state index in [0.29, 0.717) is 6.04 Å². The van der Waals surface area contributed by atoms with Crippen molar-refractivity contribution in [1.29, 1.82) is 0 Å². The van der Waals surface area contributed by atoms with Crippen molar-refractivity contribution in [2.24, 2.45) is 5.92 Å². The minimum atomic E-state index is 0.618. The number of fused-ring (bicyclic) bond motifs is 3. The summed E-state index contributed by atoms with van der Waals surface area (Å²) in [5.74, 6) is 0.827. The van der Waals surface area contributed by atoms with E-state index in [4.69, 9.17) is 11.6 Å². The van der Waals surface area contributed by atoms with Crippen LogP contribution in [0.4, 0.5) is 0 Å². The molecular weight excluding hydrogens is 182 g/mol. The van der Waals surface area contributed by atoms with Crippen molar-refractivity contribution in [3.63, 3.8) is 0 Å². The normalized spacial score (nSPS) is 30.2. The van der Waals surface area contributed by atoms with Crippen molar-refractivity contribution in [1.82, 2.24) is 5.32 Å². The molecule has 1 nitrogen and oxygen atoms in total. The van der Waals surface area contributed by atoms with Crippen LogP contribution in [0.1, 0.15) is 23.6 Å². The van der Waals surface area contributed by atoms with Gasteiger partial charge in [0.25, 0.3) is 0 Å². The fourth-order valence-electron chi connectivity index (χ4n) is 2.68. The average molecular weight is 194 g/mol. The van der Waals surface area contributed by atoms with Crippen LogP contribution in [0.5, 0.6) is 0 Å². The Kier molecular flexibility index (Phi) is 1.64. The lowest BCUT2D eigenvalue weighted by molar-refractivity contribution is 0.504. The molecule has 0 spiro atoms. The molecule has 13 heavy (non-hydrogen) atoms. The van der Waals surface area contributed by atoms with E-state index in [1.807, 2.05) is 6.07 Å². The Bertz CT molecular complexity index is 348. The molecule has 2 aliphatic rings. The van der Waals surface area contributed by atoms with E-state index in [1.54, 1.807) is 0 Å². The number of hydrogen-bond donors (Lipinski definition) is 1. The zero-order chi connectivity index (χ0) is 8.84. The predicted octanol–water partition coefficient (Wildman–Crippen LogP) is 2.55. The van der Waals surface area contributed by atoms with Crippen LogP contribution in [0.2, 0.25) is 5.02 Å². The number of hydrogen-bond acceptors (Lipinski definition) is 1. The fourth-order valence-corrected chi connectivity index (χ4v) is 2.87. The summed E-state index contributed by atoms with van der Waals surface area (Å²) in [6, 6.07) is 6.92. The molecule has 0 bridgehead atoms. The van der Waals surface area contributed by atoms with Crippen LogP contribution in [0.3, 0.4) is 0 Å². The smallest absolute Gasteiger partial charge is 0.0408 e. The zero-order valence-corrected chi connectivity index (χ0v) is 8.14. The maximum atomic E-state index is 5.96. The van der Waals surface area contributed by atoms with Gasteiger partial charge in [0.1, 0.15) is 0 Å². The molecule has 1 aromatic rings. The van der Waals surface area contributed by atoms with Crippen LogP contribution in [0.25, 0.3) is 0 Å². The van der Waals surface area contributed by atoms with Gasteiger partial charge in [-0.3, -0.25) is 0 Å². The molecule has 1 aliphatic heterocycles. The Balaban J connectivity index is 2.08. The van der Waals surface area contributed by atoms with Gasteiger partial charge in [0.2, 0.25) is 0 Å². The van der Waals surface area contributed by atoms with E-state index in [0.717, 1.165) is 10.9 Å². The number of rotatable bonds is 0. The third kappa shape index (κ3) is 1.11. The number of benzene rings is 1. The Morgan fingerprint density at radius 3 is 3.23 bits per heavy atom. The highest BCUT2D eigenvalue weighted by Crippen LogP contribution is 2.41. The molecule has 1 saturated heterocycles. The summed E-state index contributed by atoms with van der Waals surface area (Å²) in [5.41, 5.74) is 2.93. The second kappa shape index (κ2) is 2.73. The summed E-state index contributed by atoms with van der Waals surface area (Å²) in [6.45, 7) is 1.18. The standard InChI is InChI=1S/C11H12ClN/c12-9-1-2-10-8(6-9)5-7-3-4-13-11(7)10/h1-2,6-7,11,13H,3-5H2. The Labute approximate surface area is 83.1 Å². The van der Waals surface area contributed by atoms with E-state index in [2.05, 4.69) is 17.4 Å². The van der Waals surface area contributed by atoms with Crippen molar-refractivity contribution < 1.29 is 0 Å². The Morgan fingerprint density at radius 2 is 2.31 bits per heavy atom. The summed E-state index contributed by atoms with van der Waals surface area (Å²) in [5, 5.41) is 4.42. The molecule has 2 heteroatoms. The molecule has 1 fully saturated rings. The zero-order valence-electron chi connectivity index (χ0n) is 7.39. The van der Waals surface area contributed by atoms with Gasteiger partial charge in [0, 0.05) is 11.1 Å². The van der Waals surface area contributed by atoms with Gasteiger partial charge in [-0.1, -0.05) is 17.7 Å². The molecule has 68 valence electrons. The van der Waals surface area contributed by atoms with Crippen LogP contribution in [0.15, 0.2) is 18.2 Å². The topological polar surface area (TPSA) is 12.0 Å². The van der Waals surface area contributed by atoms with Crippen molar-refractivity contribution in [2.75, 3.05) is 6.54 Å². The number of nitrogens with one attached hydrogen (secondary N) is 1. The summed E-state index contributed by atoms with van der Waals surface area (Å²) < 4.78 is 0. The van der Waals surface area contributed by atoms with Gasteiger partial charge in [-0.15, -0.1) is 0 Å². The van der Waals surface area contributed by atoms with Gasteiger partial charge >= 0.3 is 0 Å². The first-order chi connectivity index (χ1) is 6.34. The summed E-state index contributed by atoms with van der Waals surface area (Å²) in [4.78, 5) is 0. The molecule has 3 rings (SSSR count). The number of halogens is 1. The van der Waals surface area contributed by atoms with Crippen molar-refractivity contribution >= 4 is 11.6 Å². The monoisotopic (exact) mass is 193 g/mol. The van der Waals surface area contributed by atoms with Gasteiger partial charge in [-0.05, 0) is 48.6 Å². The van der Waals surface area contributed by atoms with Gasteiger partial charge in [-0.2, -0.15) is 0 Å². The second-order valence-corrected chi connectivity index (χ2v) is 4.46. The Morgan fingerprint density at radius 1 is 1.38 bits per heavy atom. The molecule has 1 N–H and O–H groups in total. The molecule has 2 unspecified atom stereocenters. The summed E-state index contributed by atoms with van der Waals surface area (Å²) in [7, 11) is 0. The molecule has 1 heterocycles. The van der Waals surface area contributed by atoms with E-state index < -0.39 is 0 Å². The van der Waals surface area contributed by atoms with Gasteiger partial charge < -0.3 is 5.32 Å². The predicted molar refractivity (Wildman–Crippen MR) is 54.0 cm³/mol. The SMILES string of the molecule is Clc1ccc2c(c1)CC1CCNC21. The quantitative estimate of drug-likeness (QED) is 0.668. The van der Waals surface area contributed by atoms with Crippen LogP contribution in [-0.4, -0.2) is 6.54 Å². The maximum absolute atomic E-state index is 5.96. The highest BCUT2D eigenvalue weighted by molar-refractivity contribution is 6.30. The van der Waals surface area contributed by atoms with E-state index in [9.17, 15) is 0 Å². The van der Waals surface area contributed by atoms with Crippen molar-refractivity contribution in [3.05, 3.63) is 34.3 Å². The van der Waals surface area contributed by atoms with Crippen molar-refractivity contribution in [2.45, 2.75) is 18.9 Å². The molecular formula is C11H12ClN. The average Bonchev–Trinajstić information content (AvgIpc) is 2.62. The lowest BCUT2D eigenvalue weighted by Gasteiger charge is -2.09. The van der Waals surface area contributed by atoms with E-state index >= 15 is 0 Å². The Hall–Kier alpha value is -0.530. The van der Waals surface area contributed by atoms with Crippen LogP contribution in [-0.2, 0) is 6.42 Å². The molecule has 0 saturated carbocycles. The van der Waals surface area contributed by atoms with Crippen molar-refractivity contribution in [3.8, 4) is 0 Å². The summed E-state index contributed by atoms with van der Waals surface area (Å²) in [6.07, 6.45) is 2.53. The van der Waals surface area contributed by atoms with E-state index in [1.165, 1.54) is 30.5 Å². The molecule has 0 aromatic heterocycles. The highest BCUT2D eigenvalue weighted by Gasteiger charge is 2.35. The first kappa shape index (κ1) is 7.84. The maximum Gasteiger partial charge on any atom is 0.0408 e. The minimum absolute atomic E-state index is 0.618. The largest absolute Gasteiger partial charge is 0.310 e. The van der Waals surface area contributed by atoms with Gasteiger partial charge in [0.15, 0.2) is 0 Å². The van der Waals surface area contributed by atoms with E-state index in [-0.39, 0.29) is 0 Å². The third-order valence-corrected chi connectivity index (χ3v) is 3.51. The fraction of sp³-hybridized carbons (Fsp3) is 0.455. The third-order valence-electron chi connectivity index (χ3n) is 3.27.